The molecule has 0 saturated carbocycles. The fraction of sp³-hybridized carbons (Fsp3) is 0.583. The number of rotatable bonds is 6. The lowest BCUT2D eigenvalue weighted by atomic mass is 10.2. The molecule has 0 radical (unpaired) electrons. The molecular formula is C12H21N3O. The smallest absolute Gasteiger partial charge is 0.128 e. The van der Waals surface area contributed by atoms with Crippen LogP contribution in [-0.4, -0.2) is 36.3 Å². The Labute approximate surface area is 97.3 Å². The summed E-state index contributed by atoms with van der Waals surface area (Å²) in [6, 6.07) is 4.41. The molecular weight excluding hydrogens is 202 g/mol. The second kappa shape index (κ2) is 6.45. The van der Waals surface area contributed by atoms with E-state index >= 15 is 0 Å². The quantitative estimate of drug-likeness (QED) is 0.755. The third-order valence-corrected chi connectivity index (χ3v) is 2.45. The molecule has 16 heavy (non-hydrogen) atoms. The van der Waals surface area contributed by atoms with Crippen LogP contribution >= 0.6 is 0 Å². The number of aliphatic hydroxyl groups is 1. The van der Waals surface area contributed by atoms with Gasteiger partial charge in [0.2, 0.25) is 0 Å². The Morgan fingerprint density at radius 2 is 2.19 bits per heavy atom. The summed E-state index contributed by atoms with van der Waals surface area (Å²) in [4.78, 5) is 6.50. The lowest BCUT2D eigenvalue weighted by Gasteiger charge is -2.27. The molecule has 4 heteroatoms. The van der Waals surface area contributed by atoms with Gasteiger partial charge < -0.3 is 15.3 Å². The van der Waals surface area contributed by atoms with Crippen LogP contribution < -0.4 is 10.2 Å². The van der Waals surface area contributed by atoms with Gasteiger partial charge in [0.1, 0.15) is 5.82 Å². The second-order valence-corrected chi connectivity index (χ2v) is 4.07. The molecule has 1 aromatic heterocycles. The molecule has 0 amide bonds. The van der Waals surface area contributed by atoms with Gasteiger partial charge in [-0.25, -0.2) is 4.98 Å². The van der Waals surface area contributed by atoms with Crippen LogP contribution in [-0.2, 0) is 6.54 Å². The minimum Gasteiger partial charge on any atom is -0.395 e. The van der Waals surface area contributed by atoms with Crippen molar-refractivity contribution in [3.63, 3.8) is 0 Å². The third-order valence-electron chi connectivity index (χ3n) is 2.45. The van der Waals surface area contributed by atoms with E-state index in [0.717, 1.165) is 12.4 Å². The maximum Gasteiger partial charge on any atom is 0.128 e. The molecule has 0 aliphatic rings. The van der Waals surface area contributed by atoms with Gasteiger partial charge in [-0.05, 0) is 32.5 Å². The number of pyridine rings is 1. The van der Waals surface area contributed by atoms with Crippen molar-refractivity contribution in [3.05, 3.63) is 23.9 Å². The fourth-order valence-corrected chi connectivity index (χ4v) is 1.64. The number of nitrogens with zero attached hydrogens (tertiary/aromatic N) is 2. The molecule has 0 aromatic carbocycles. The average Bonchev–Trinajstić information content (AvgIpc) is 2.27. The van der Waals surface area contributed by atoms with E-state index in [1.165, 1.54) is 5.56 Å². The minimum absolute atomic E-state index is 0.151. The van der Waals surface area contributed by atoms with Crippen molar-refractivity contribution >= 4 is 5.82 Å². The zero-order chi connectivity index (χ0) is 12.0. The van der Waals surface area contributed by atoms with E-state index in [0.29, 0.717) is 12.6 Å². The number of aromatic nitrogens is 1. The largest absolute Gasteiger partial charge is 0.395 e. The Morgan fingerprint density at radius 1 is 1.44 bits per heavy atom. The molecule has 0 aliphatic heterocycles. The lowest BCUT2D eigenvalue weighted by Crippen LogP contribution is -2.34. The Bertz CT molecular complexity index is 298. The van der Waals surface area contributed by atoms with E-state index in [1.807, 2.05) is 19.3 Å². The van der Waals surface area contributed by atoms with Crippen molar-refractivity contribution in [2.24, 2.45) is 0 Å². The van der Waals surface area contributed by atoms with Crippen molar-refractivity contribution in [2.75, 3.05) is 25.1 Å². The lowest BCUT2D eigenvalue weighted by molar-refractivity contribution is 0.298. The summed E-state index contributed by atoms with van der Waals surface area (Å²) in [5, 5.41) is 12.1. The molecule has 90 valence electrons. The molecule has 0 spiro atoms. The van der Waals surface area contributed by atoms with E-state index in [4.69, 9.17) is 5.11 Å². The van der Waals surface area contributed by atoms with Crippen molar-refractivity contribution in [1.29, 1.82) is 0 Å². The first-order chi connectivity index (χ1) is 7.69. The number of aliphatic hydroxyl groups excluding tert-OH is 1. The highest BCUT2D eigenvalue weighted by atomic mass is 16.3. The molecule has 1 rings (SSSR count). The van der Waals surface area contributed by atoms with Crippen LogP contribution in [0.2, 0.25) is 0 Å². The molecule has 0 fully saturated rings. The van der Waals surface area contributed by atoms with E-state index < -0.39 is 0 Å². The monoisotopic (exact) mass is 223 g/mol. The summed E-state index contributed by atoms with van der Waals surface area (Å²) in [5.74, 6) is 0.920. The van der Waals surface area contributed by atoms with Crippen LogP contribution in [0.3, 0.4) is 0 Å². The number of nitrogens with one attached hydrogen (secondary N) is 1. The van der Waals surface area contributed by atoms with Crippen LogP contribution in [0.15, 0.2) is 18.3 Å². The van der Waals surface area contributed by atoms with Crippen LogP contribution in [0.4, 0.5) is 5.82 Å². The molecule has 0 aliphatic carbocycles. The minimum atomic E-state index is 0.151. The number of hydrogen-bond acceptors (Lipinski definition) is 4. The van der Waals surface area contributed by atoms with Crippen molar-refractivity contribution in [3.8, 4) is 0 Å². The number of hydrogen-bond donors (Lipinski definition) is 2. The van der Waals surface area contributed by atoms with Crippen molar-refractivity contribution in [1.82, 2.24) is 10.3 Å². The zero-order valence-corrected chi connectivity index (χ0v) is 10.3. The van der Waals surface area contributed by atoms with Gasteiger partial charge in [-0.3, -0.25) is 0 Å². The van der Waals surface area contributed by atoms with E-state index in [-0.39, 0.29) is 6.61 Å². The van der Waals surface area contributed by atoms with E-state index in [2.05, 4.69) is 35.1 Å². The van der Waals surface area contributed by atoms with Gasteiger partial charge in [-0.2, -0.15) is 0 Å². The molecule has 0 unspecified atom stereocenters. The molecule has 1 aromatic rings. The van der Waals surface area contributed by atoms with Gasteiger partial charge in [0, 0.05) is 25.3 Å². The summed E-state index contributed by atoms with van der Waals surface area (Å²) in [5.41, 5.74) is 1.17. The average molecular weight is 223 g/mol. The molecule has 1 heterocycles. The fourth-order valence-electron chi connectivity index (χ4n) is 1.64. The SMILES string of the molecule is CNCc1ccc(N(CCO)C(C)C)nc1. The van der Waals surface area contributed by atoms with Gasteiger partial charge in [0.25, 0.3) is 0 Å². The summed E-state index contributed by atoms with van der Waals surface area (Å²) in [7, 11) is 1.92. The Balaban J connectivity index is 2.77. The second-order valence-electron chi connectivity index (χ2n) is 4.07. The summed E-state index contributed by atoms with van der Waals surface area (Å²) >= 11 is 0. The zero-order valence-electron chi connectivity index (χ0n) is 10.3. The third kappa shape index (κ3) is 3.47. The molecule has 4 nitrogen and oxygen atoms in total. The van der Waals surface area contributed by atoms with Crippen LogP contribution in [0.5, 0.6) is 0 Å². The van der Waals surface area contributed by atoms with Crippen LogP contribution in [0.1, 0.15) is 19.4 Å². The Morgan fingerprint density at radius 3 is 2.62 bits per heavy atom. The first-order valence-corrected chi connectivity index (χ1v) is 5.66. The molecule has 0 atom stereocenters. The van der Waals surface area contributed by atoms with Gasteiger partial charge in [0.05, 0.1) is 6.61 Å². The predicted octanol–water partition coefficient (Wildman–Crippen LogP) is 1.01. The highest BCUT2D eigenvalue weighted by Crippen LogP contribution is 2.13. The van der Waals surface area contributed by atoms with E-state index in [9.17, 15) is 0 Å². The normalized spacial score (nSPS) is 10.8. The van der Waals surface area contributed by atoms with Crippen LogP contribution in [0, 0.1) is 0 Å². The van der Waals surface area contributed by atoms with Gasteiger partial charge in [0.15, 0.2) is 0 Å². The van der Waals surface area contributed by atoms with Crippen molar-refractivity contribution in [2.45, 2.75) is 26.4 Å². The van der Waals surface area contributed by atoms with Gasteiger partial charge >= 0.3 is 0 Å². The Kier molecular flexibility index (Phi) is 5.22. The number of anilines is 1. The van der Waals surface area contributed by atoms with E-state index in [1.54, 1.807) is 0 Å². The topological polar surface area (TPSA) is 48.4 Å². The summed E-state index contributed by atoms with van der Waals surface area (Å²) in [6.07, 6.45) is 1.87. The Hall–Kier alpha value is -1.13. The summed E-state index contributed by atoms with van der Waals surface area (Å²) < 4.78 is 0. The maximum atomic E-state index is 9.01. The molecule has 0 bridgehead atoms. The van der Waals surface area contributed by atoms with Gasteiger partial charge in [-0.1, -0.05) is 6.07 Å². The first-order valence-electron chi connectivity index (χ1n) is 5.66. The summed E-state index contributed by atoms with van der Waals surface area (Å²) in [6.45, 7) is 5.79. The van der Waals surface area contributed by atoms with Gasteiger partial charge in [-0.15, -0.1) is 0 Å². The van der Waals surface area contributed by atoms with Crippen molar-refractivity contribution < 1.29 is 5.11 Å². The molecule has 0 saturated heterocycles. The standard InChI is InChI=1S/C12H21N3O/c1-10(2)15(6-7-16)12-5-4-11(8-13-3)9-14-12/h4-5,9-10,13,16H,6-8H2,1-3H3. The predicted molar refractivity (Wildman–Crippen MR) is 66.6 cm³/mol. The van der Waals surface area contributed by atoms with Crippen LogP contribution in [0.25, 0.3) is 0 Å². The highest BCUT2D eigenvalue weighted by Gasteiger charge is 2.10. The molecule has 2 N–H and O–H groups in total. The maximum absolute atomic E-state index is 9.01. The first kappa shape index (κ1) is 12.9. The highest BCUT2D eigenvalue weighted by molar-refractivity contribution is 5.40.